The molecule has 0 atom stereocenters. The number of rotatable bonds is 3. The van der Waals surface area contributed by atoms with Crippen LogP contribution in [0.15, 0.2) is 16.9 Å². The second-order valence-electron chi connectivity index (χ2n) is 5.82. The molecule has 1 fully saturated rings. The average Bonchev–Trinajstić information content (AvgIpc) is 3.07. The molecule has 1 aliphatic carbocycles. The molecule has 1 amide bonds. The van der Waals surface area contributed by atoms with Crippen LogP contribution >= 0.6 is 11.3 Å². The number of thiophene rings is 1. The van der Waals surface area contributed by atoms with E-state index in [-0.39, 0.29) is 24.1 Å². The largest absolute Gasteiger partial charge is 0.352 e. The van der Waals surface area contributed by atoms with Gasteiger partial charge in [0.2, 0.25) is 5.91 Å². The Morgan fingerprint density at radius 2 is 2.14 bits per heavy atom. The first-order valence-corrected chi connectivity index (χ1v) is 8.13. The van der Waals surface area contributed by atoms with Crippen LogP contribution in [0.2, 0.25) is 0 Å². The van der Waals surface area contributed by atoms with Crippen LogP contribution < -0.4 is 10.9 Å². The Balaban J connectivity index is 1.81. The number of amides is 1. The Morgan fingerprint density at radius 3 is 2.86 bits per heavy atom. The molecule has 0 aromatic carbocycles. The van der Waals surface area contributed by atoms with Crippen molar-refractivity contribution in [3.63, 3.8) is 0 Å². The van der Waals surface area contributed by atoms with Crippen molar-refractivity contribution in [2.45, 2.75) is 39.3 Å². The van der Waals surface area contributed by atoms with E-state index in [4.69, 9.17) is 0 Å². The van der Waals surface area contributed by atoms with E-state index in [2.05, 4.69) is 16.5 Å². The van der Waals surface area contributed by atoms with Gasteiger partial charge in [-0.3, -0.25) is 14.0 Å². The fraction of sp³-hybridized carbons (Fsp3) is 0.400. The van der Waals surface area contributed by atoms with E-state index in [0.717, 1.165) is 23.1 Å². The van der Waals surface area contributed by atoms with E-state index in [0.29, 0.717) is 11.3 Å². The van der Waals surface area contributed by atoms with Crippen LogP contribution in [0, 0.1) is 13.8 Å². The maximum absolute atomic E-state index is 12.6. The quantitative estimate of drug-likeness (QED) is 0.798. The highest BCUT2D eigenvalue weighted by molar-refractivity contribution is 7.19. The van der Waals surface area contributed by atoms with E-state index in [9.17, 15) is 9.59 Å². The molecule has 1 aliphatic rings. The van der Waals surface area contributed by atoms with Crippen molar-refractivity contribution in [2.75, 3.05) is 0 Å². The second kappa shape index (κ2) is 4.67. The number of aryl methyl sites for hydroxylation is 2. The number of carbonyl (C=O) groups is 1. The molecule has 3 heterocycles. The lowest BCUT2D eigenvalue weighted by Gasteiger charge is -2.08. The summed E-state index contributed by atoms with van der Waals surface area (Å²) in [7, 11) is 0. The first-order chi connectivity index (χ1) is 10.5. The van der Waals surface area contributed by atoms with Gasteiger partial charge in [0.15, 0.2) is 0 Å². The number of fused-ring (bicyclic) bond motifs is 3. The SMILES string of the molecule is Cc1cc2c(cc3c(=O)n(CC(=O)NC4CC4)nc(C)n32)s1. The lowest BCUT2D eigenvalue weighted by molar-refractivity contribution is -0.122. The number of nitrogens with zero attached hydrogens (tertiary/aromatic N) is 3. The monoisotopic (exact) mass is 316 g/mol. The summed E-state index contributed by atoms with van der Waals surface area (Å²) in [5, 5.41) is 7.19. The summed E-state index contributed by atoms with van der Waals surface area (Å²) < 4.78 is 4.20. The average molecular weight is 316 g/mol. The normalized spacial score (nSPS) is 14.8. The highest BCUT2D eigenvalue weighted by Crippen LogP contribution is 2.27. The van der Waals surface area contributed by atoms with Gasteiger partial charge in [0, 0.05) is 10.9 Å². The third kappa shape index (κ3) is 2.12. The maximum atomic E-state index is 12.6. The van der Waals surface area contributed by atoms with Crippen molar-refractivity contribution in [3.05, 3.63) is 33.2 Å². The number of aromatic nitrogens is 3. The molecule has 3 aromatic rings. The van der Waals surface area contributed by atoms with Gasteiger partial charge >= 0.3 is 0 Å². The lowest BCUT2D eigenvalue weighted by atomic mass is 10.4. The van der Waals surface area contributed by atoms with Crippen LogP contribution in [0.3, 0.4) is 0 Å². The standard InChI is InChI=1S/C15H16N4O2S/c1-8-5-11-13(22-8)6-12-15(21)18(17-9(2)19(11)12)7-14(20)16-10-3-4-10/h5-6,10H,3-4,7H2,1-2H3,(H,16,20). The Morgan fingerprint density at radius 1 is 1.36 bits per heavy atom. The zero-order valence-corrected chi connectivity index (χ0v) is 13.2. The van der Waals surface area contributed by atoms with E-state index in [1.807, 2.05) is 24.3 Å². The second-order valence-corrected chi connectivity index (χ2v) is 7.11. The first kappa shape index (κ1) is 13.5. The smallest absolute Gasteiger partial charge is 0.291 e. The van der Waals surface area contributed by atoms with Crippen LogP contribution in [-0.2, 0) is 11.3 Å². The molecule has 0 bridgehead atoms. The van der Waals surface area contributed by atoms with Gasteiger partial charge in [0.1, 0.15) is 17.9 Å². The summed E-state index contributed by atoms with van der Waals surface area (Å²) in [6, 6.07) is 4.24. The van der Waals surface area contributed by atoms with Crippen molar-refractivity contribution < 1.29 is 4.79 Å². The predicted octanol–water partition coefficient (Wildman–Crippen LogP) is 1.61. The highest BCUT2D eigenvalue weighted by atomic mass is 32.1. The Bertz CT molecular complexity index is 961. The molecule has 7 heteroatoms. The summed E-state index contributed by atoms with van der Waals surface area (Å²) in [5.74, 6) is 0.562. The van der Waals surface area contributed by atoms with Crippen LogP contribution in [-0.4, -0.2) is 26.1 Å². The fourth-order valence-electron chi connectivity index (χ4n) is 2.76. The maximum Gasteiger partial charge on any atom is 0.291 e. The van der Waals surface area contributed by atoms with Gasteiger partial charge in [0.05, 0.1) is 10.2 Å². The molecular formula is C15H16N4O2S. The van der Waals surface area contributed by atoms with E-state index in [1.165, 1.54) is 9.56 Å². The third-order valence-electron chi connectivity index (χ3n) is 3.89. The van der Waals surface area contributed by atoms with Crippen molar-refractivity contribution in [1.82, 2.24) is 19.5 Å². The summed E-state index contributed by atoms with van der Waals surface area (Å²) in [5.41, 5.74) is 1.36. The van der Waals surface area contributed by atoms with Crippen molar-refractivity contribution in [1.29, 1.82) is 0 Å². The minimum Gasteiger partial charge on any atom is -0.352 e. The van der Waals surface area contributed by atoms with Gasteiger partial charge in [-0.25, -0.2) is 4.68 Å². The third-order valence-corrected chi connectivity index (χ3v) is 4.88. The van der Waals surface area contributed by atoms with Crippen LogP contribution in [0.25, 0.3) is 15.7 Å². The van der Waals surface area contributed by atoms with Crippen molar-refractivity contribution in [3.8, 4) is 0 Å². The Labute approximate surface area is 130 Å². The molecule has 1 saturated carbocycles. The van der Waals surface area contributed by atoms with Gasteiger partial charge in [-0.05, 0) is 38.8 Å². The molecule has 0 spiro atoms. The minimum atomic E-state index is -0.224. The molecule has 0 aliphatic heterocycles. The number of nitrogens with one attached hydrogen (secondary N) is 1. The van der Waals surface area contributed by atoms with E-state index >= 15 is 0 Å². The fourth-order valence-corrected chi connectivity index (χ4v) is 3.71. The molecule has 22 heavy (non-hydrogen) atoms. The van der Waals surface area contributed by atoms with Gasteiger partial charge in [-0.15, -0.1) is 11.3 Å². The number of carbonyl (C=O) groups excluding carboxylic acids is 1. The zero-order chi connectivity index (χ0) is 15.4. The van der Waals surface area contributed by atoms with Crippen molar-refractivity contribution >= 4 is 33.0 Å². The molecular weight excluding hydrogens is 300 g/mol. The molecule has 1 N–H and O–H groups in total. The van der Waals surface area contributed by atoms with Gasteiger partial charge in [-0.2, -0.15) is 5.10 Å². The lowest BCUT2D eigenvalue weighted by Crippen LogP contribution is -2.35. The van der Waals surface area contributed by atoms with E-state index < -0.39 is 0 Å². The summed E-state index contributed by atoms with van der Waals surface area (Å²) >= 11 is 1.66. The summed E-state index contributed by atoms with van der Waals surface area (Å²) in [6.07, 6.45) is 2.06. The molecule has 4 rings (SSSR count). The van der Waals surface area contributed by atoms with E-state index in [1.54, 1.807) is 11.3 Å². The Hall–Kier alpha value is -2.15. The van der Waals surface area contributed by atoms with Crippen LogP contribution in [0.1, 0.15) is 23.5 Å². The molecule has 0 saturated heterocycles. The number of hydrogen-bond acceptors (Lipinski definition) is 4. The van der Waals surface area contributed by atoms with Crippen LogP contribution in [0.5, 0.6) is 0 Å². The molecule has 3 aromatic heterocycles. The molecule has 0 unspecified atom stereocenters. The molecule has 114 valence electrons. The van der Waals surface area contributed by atoms with Gasteiger partial charge in [0.25, 0.3) is 5.56 Å². The molecule has 0 radical (unpaired) electrons. The summed E-state index contributed by atoms with van der Waals surface area (Å²) in [4.78, 5) is 25.7. The predicted molar refractivity (Wildman–Crippen MR) is 85.5 cm³/mol. The van der Waals surface area contributed by atoms with Gasteiger partial charge < -0.3 is 5.32 Å². The van der Waals surface area contributed by atoms with Crippen molar-refractivity contribution in [2.24, 2.45) is 0 Å². The zero-order valence-electron chi connectivity index (χ0n) is 12.4. The van der Waals surface area contributed by atoms with Crippen LogP contribution in [0.4, 0.5) is 0 Å². The Kier molecular flexibility index (Phi) is 2.87. The number of hydrogen-bond donors (Lipinski definition) is 1. The molecule has 6 nitrogen and oxygen atoms in total. The topological polar surface area (TPSA) is 68.4 Å². The minimum absolute atomic E-state index is 0.0233. The first-order valence-electron chi connectivity index (χ1n) is 7.31. The van der Waals surface area contributed by atoms with Gasteiger partial charge in [-0.1, -0.05) is 0 Å². The highest BCUT2D eigenvalue weighted by Gasteiger charge is 2.24. The summed E-state index contributed by atoms with van der Waals surface area (Å²) in [6.45, 7) is 3.88.